The molecule has 0 saturated heterocycles. The summed E-state index contributed by atoms with van der Waals surface area (Å²) < 4.78 is 4.95. The summed E-state index contributed by atoms with van der Waals surface area (Å²) in [5, 5.41) is 8.97. The van der Waals surface area contributed by atoms with Crippen molar-refractivity contribution in [3.63, 3.8) is 0 Å². The molecule has 21 heavy (non-hydrogen) atoms. The molecule has 2 rings (SSSR count). The predicted octanol–water partition coefficient (Wildman–Crippen LogP) is 1.14. The van der Waals surface area contributed by atoms with Gasteiger partial charge in [0.15, 0.2) is 0 Å². The fourth-order valence-corrected chi connectivity index (χ4v) is 2.96. The summed E-state index contributed by atoms with van der Waals surface area (Å²) in [6.07, 6.45) is 0. The van der Waals surface area contributed by atoms with Crippen molar-refractivity contribution in [1.29, 1.82) is 0 Å². The molecule has 0 unspecified atom stereocenters. The molecule has 1 aliphatic rings. The molecule has 1 aromatic carbocycles. The largest absolute Gasteiger partial charge is 0.396 e. The number of amides is 2. The van der Waals surface area contributed by atoms with Crippen molar-refractivity contribution >= 4 is 29.1 Å². The smallest absolute Gasteiger partial charge is 0.268 e. The second kappa shape index (κ2) is 7.40. The summed E-state index contributed by atoms with van der Waals surface area (Å²) >= 11 is 1.21. The Kier molecular flexibility index (Phi) is 5.55. The first-order valence-corrected chi connectivity index (χ1v) is 7.57. The third-order valence-corrected chi connectivity index (χ3v) is 4.10. The number of carbonyl (C=O) groups is 2. The normalized spacial score (nSPS) is 15.2. The fourth-order valence-electron chi connectivity index (χ4n) is 2.08. The zero-order chi connectivity index (χ0) is 15.2. The van der Waals surface area contributed by atoms with Gasteiger partial charge in [0.1, 0.15) is 0 Å². The Balaban J connectivity index is 2.36. The van der Waals surface area contributed by atoms with Crippen molar-refractivity contribution in [2.75, 3.05) is 32.6 Å². The number of thioether (sulfide) groups is 1. The average molecular weight is 307 g/mol. The lowest BCUT2D eigenvalue weighted by Crippen LogP contribution is -2.34. The first kappa shape index (κ1) is 15.8. The summed E-state index contributed by atoms with van der Waals surface area (Å²) in [4.78, 5) is 26.5. The van der Waals surface area contributed by atoms with E-state index >= 15 is 0 Å². The van der Waals surface area contributed by atoms with Crippen molar-refractivity contribution in [2.24, 2.45) is 0 Å². The first-order valence-electron chi connectivity index (χ1n) is 6.59. The van der Waals surface area contributed by atoms with E-state index in [1.54, 1.807) is 12.1 Å². The molecule has 0 atom stereocenters. The lowest BCUT2D eigenvalue weighted by molar-refractivity contribution is -0.137. The number of rotatable bonds is 7. The monoisotopic (exact) mass is 307 g/mol. The molecule has 6 heteroatoms. The molecule has 0 spiro atoms. The van der Waals surface area contributed by atoms with Gasteiger partial charge >= 0.3 is 0 Å². The van der Waals surface area contributed by atoms with Crippen molar-refractivity contribution in [2.45, 2.75) is 0 Å². The molecule has 2 amide bonds. The maximum absolute atomic E-state index is 12.5. The van der Waals surface area contributed by atoms with E-state index < -0.39 is 0 Å². The fraction of sp³-hybridized carbons (Fsp3) is 0.333. The summed E-state index contributed by atoms with van der Waals surface area (Å²) in [6.45, 7) is 0.487. The van der Waals surface area contributed by atoms with Gasteiger partial charge in [-0.3, -0.25) is 14.5 Å². The minimum absolute atomic E-state index is 0.0459. The van der Waals surface area contributed by atoms with E-state index in [2.05, 4.69) is 0 Å². The second-order valence-corrected chi connectivity index (χ2v) is 5.50. The van der Waals surface area contributed by atoms with Crippen molar-refractivity contribution < 1.29 is 19.4 Å². The highest BCUT2D eigenvalue weighted by Gasteiger charge is 2.38. The van der Waals surface area contributed by atoms with E-state index in [1.165, 1.54) is 23.8 Å². The predicted molar refractivity (Wildman–Crippen MR) is 81.5 cm³/mol. The minimum Gasteiger partial charge on any atom is -0.396 e. The van der Waals surface area contributed by atoms with E-state index in [9.17, 15) is 9.59 Å². The molecule has 1 heterocycles. The average Bonchev–Trinajstić information content (AvgIpc) is 2.74. The van der Waals surface area contributed by atoms with Crippen LogP contribution in [0.3, 0.4) is 0 Å². The van der Waals surface area contributed by atoms with Gasteiger partial charge in [0.05, 0.1) is 30.2 Å². The summed E-state index contributed by atoms with van der Waals surface area (Å²) in [6, 6.07) is 9.12. The number of hydrogen-bond donors (Lipinski definition) is 1. The van der Waals surface area contributed by atoms with Crippen LogP contribution in [-0.4, -0.2) is 54.4 Å². The number of imide groups is 1. The Hall–Kier alpha value is -1.63. The number of nitrogens with zero attached hydrogens (tertiary/aromatic N) is 1. The molecular weight excluding hydrogens is 290 g/mol. The van der Waals surface area contributed by atoms with Gasteiger partial charge in [0.2, 0.25) is 0 Å². The zero-order valence-electron chi connectivity index (χ0n) is 11.7. The van der Waals surface area contributed by atoms with Crippen LogP contribution in [-0.2, 0) is 14.3 Å². The molecule has 0 fully saturated rings. The van der Waals surface area contributed by atoms with Gasteiger partial charge in [-0.2, -0.15) is 0 Å². The molecule has 0 aliphatic carbocycles. The van der Waals surface area contributed by atoms with Gasteiger partial charge in [-0.25, -0.2) is 0 Å². The highest BCUT2D eigenvalue weighted by molar-refractivity contribution is 8.04. The summed E-state index contributed by atoms with van der Waals surface area (Å²) in [5.41, 5.74) is 1.13. The maximum Gasteiger partial charge on any atom is 0.268 e. The van der Waals surface area contributed by atoms with E-state index in [-0.39, 0.29) is 25.0 Å². The van der Waals surface area contributed by atoms with Crippen LogP contribution in [0, 0.1) is 0 Å². The third-order valence-electron chi connectivity index (χ3n) is 3.04. The lowest BCUT2D eigenvalue weighted by atomic mass is 10.1. The number of carbonyl (C=O) groups excluding carboxylic acids is 2. The number of methoxy groups -OCH3 is 1. The highest BCUT2D eigenvalue weighted by Crippen LogP contribution is 2.35. The number of aliphatic hydroxyl groups is 1. The number of benzene rings is 1. The molecule has 1 aromatic rings. The van der Waals surface area contributed by atoms with Gasteiger partial charge in [-0.05, 0) is 5.56 Å². The Bertz CT molecular complexity index is 556. The van der Waals surface area contributed by atoms with Crippen LogP contribution in [0.15, 0.2) is 35.2 Å². The molecule has 0 saturated carbocycles. The van der Waals surface area contributed by atoms with E-state index in [4.69, 9.17) is 9.84 Å². The maximum atomic E-state index is 12.5. The van der Waals surface area contributed by atoms with E-state index in [0.717, 1.165) is 5.56 Å². The molecule has 1 aliphatic heterocycles. The lowest BCUT2D eigenvalue weighted by Gasteiger charge is -2.14. The number of ether oxygens (including phenoxy) is 1. The third kappa shape index (κ3) is 3.34. The molecule has 112 valence electrons. The van der Waals surface area contributed by atoms with Crippen molar-refractivity contribution in [1.82, 2.24) is 4.90 Å². The van der Waals surface area contributed by atoms with Crippen LogP contribution in [0.25, 0.3) is 5.57 Å². The highest BCUT2D eigenvalue weighted by atomic mass is 32.2. The van der Waals surface area contributed by atoms with Crippen LogP contribution >= 0.6 is 11.8 Å². The Morgan fingerprint density at radius 2 is 1.90 bits per heavy atom. The summed E-state index contributed by atoms with van der Waals surface area (Å²) in [7, 11) is 1.53. The van der Waals surface area contributed by atoms with Crippen LogP contribution in [0.4, 0.5) is 0 Å². The van der Waals surface area contributed by atoms with Crippen LogP contribution in [0.1, 0.15) is 5.56 Å². The number of hydrogen-bond acceptors (Lipinski definition) is 5. The molecule has 0 bridgehead atoms. The SMILES string of the molecule is COCCN1C(=O)C(SCCO)=C(c2ccccc2)C1=O. The van der Waals surface area contributed by atoms with E-state index in [1.807, 2.05) is 18.2 Å². The summed E-state index contributed by atoms with van der Waals surface area (Å²) in [5.74, 6) is -0.235. The van der Waals surface area contributed by atoms with Gasteiger partial charge in [-0.15, -0.1) is 11.8 Å². The Morgan fingerprint density at radius 3 is 2.52 bits per heavy atom. The Labute approximate surface area is 127 Å². The quantitative estimate of drug-likeness (QED) is 0.765. The zero-order valence-corrected chi connectivity index (χ0v) is 12.6. The molecule has 0 radical (unpaired) electrons. The van der Waals surface area contributed by atoms with Crippen LogP contribution in [0.5, 0.6) is 0 Å². The number of aliphatic hydroxyl groups excluding tert-OH is 1. The second-order valence-electron chi connectivity index (χ2n) is 4.40. The Morgan fingerprint density at radius 1 is 1.19 bits per heavy atom. The van der Waals surface area contributed by atoms with E-state index in [0.29, 0.717) is 22.8 Å². The molecular formula is C15H17NO4S. The van der Waals surface area contributed by atoms with Crippen molar-refractivity contribution in [3.05, 3.63) is 40.8 Å². The molecule has 0 aromatic heterocycles. The van der Waals surface area contributed by atoms with Gasteiger partial charge in [0, 0.05) is 12.9 Å². The molecule has 1 N–H and O–H groups in total. The first-order chi connectivity index (χ1) is 10.2. The van der Waals surface area contributed by atoms with Crippen molar-refractivity contribution in [3.8, 4) is 0 Å². The standard InChI is InChI=1S/C15H17NO4S/c1-20-9-7-16-14(18)12(11-5-3-2-4-6-11)13(15(16)19)21-10-8-17/h2-6,17H,7-10H2,1H3. The van der Waals surface area contributed by atoms with Crippen LogP contribution in [0.2, 0.25) is 0 Å². The van der Waals surface area contributed by atoms with Crippen LogP contribution < -0.4 is 0 Å². The van der Waals surface area contributed by atoms with Gasteiger partial charge in [-0.1, -0.05) is 30.3 Å². The topological polar surface area (TPSA) is 66.8 Å². The van der Waals surface area contributed by atoms with Gasteiger partial charge < -0.3 is 9.84 Å². The molecule has 5 nitrogen and oxygen atoms in total. The van der Waals surface area contributed by atoms with Gasteiger partial charge in [0.25, 0.3) is 11.8 Å². The minimum atomic E-state index is -0.311.